The van der Waals surface area contributed by atoms with E-state index in [4.69, 9.17) is 10.2 Å². The molecule has 1 amide bonds. The summed E-state index contributed by atoms with van der Waals surface area (Å²) in [5.74, 6) is -0.0812. The summed E-state index contributed by atoms with van der Waals surface area (Å²) < 4.78 is 0. The number of aliphatic carboxylic acids is 1. The Hall–Kier alpha value is -1.52. The van der Waals surface area contributed by atoms with Crippen LogP contribution in [-0.2, 0) is 4.79 Å². The van der Waals surface area contributed by atoms with Gasteiger partial charge in [0.05, 0.1) is 0 Å². The fourth-order valence-electron chi connectivity index (χ4n) is 2.17. The third-order valence-corrected chi connectivity index (χ3v) is 3.61. The Balaban J connectivity index is 0.000000304. The number of carboxylic acids is 1. The third kappa shape index (κ3) is 18.5. The lowest BCUT2D eigenvalue weighted by molar-refractivity contribution is -0.135. The van der Waals surface area contributed by atoms with Crippen LogP contribution < -0.4 is 5.32 Å². The summed E-state index contributed by atoms with van der Waals surface area (Å²) in [7, 11) is 0. The van der Waals surface area contributed by atoms with Gasteiger partial charge in [-0.1, -0.05) is 63.9 Å². The van der Waals surface area contributed by atoms with E-state index in [9.17, 15) is 9.59 Å². The van der Waals surface area contributed by atoms with Gasteiger partial charge in [0.15, 0.2) is 0 Å². The first-order valence-corrected chi connectivity index (χ1v) is 8.35. The van der Waals surface area contributed by atoms with Gasteiger partial charge in [0.1, 0.15) is 6.54 Å². The Bertz CT molecular complexity index is 284. The molecule has 0 bridgehead atoms. The van der Waals surface area contributed by atoms with Gasteiger partial charge in [-0.3, -0.25) is 4.79 Å². The molecule has 0 radical (unpaired) electrons. The zero-order chi connectivity index (χ0) is 16.6. The highest BCUT2D eigenvalue weighted by Crippen LogP contribution is 2.33. The minimum atomic E-state index is -1.33. The number of nitrogens with one attached hydrogen (secondary N) is 1. The monoisotopic (exact) mass is 313 g/mol. The van der Waals surface area contributed by atoms with Crippen LogP contribution in [0.15, 0.2) is 12.7 Å². The predicted octanol–water partition coefficient (Wildman–Crippen LogP) is 4.43. The minimum Gasteiger partial charge on any atom is -0.480 e. The number of unbranched alkanes of at least 4 members (excludes halogenated alkanes) is 1. The molecule has 0 spiro atoms. The number of carboxylic acid groups (broad SMARTS) is 2. The summed E-state index contributed by atoms with van der Waals surface area (Å²) >= 11 is 0. The molecule has 5 heteroatoms. The Kier molecular flexibility index (Phi) is 13.4. The maximum absolute atomic E-state index is 9.58. The molecular formula is C17H31NO4. The van der Waals surface area contributed by atoms with E-state index in [2.05, 4.69) is 6.58 Å². The molecule has 22 heavy (non-hydrogen) atoms. The van der Waals surface area contributed by atoms with Crippen molar-refractivity contribution in [3.8, 4) is 0 Å². The maximum atomic E-state index is 9.58. The molecule has 2 aliphatic carbocycles. The van der Waals surface area contributed by atoms with Crippen molar-refractivity contribution in [1.29, 1.82) is 0 Å². The Morgan fingerprint density at radius 3 is 1.82 bits per heavy atom. The fourth-order valence-corrected chi connectivity index (χ4v) is 2.17. The first-order valence-electron chi connectivity index (χ1n) is 8.35. The van der Waals surface area contributed by atoms with Crippen LogP contribution in [0.4, 0.5) is 4.79 Å². The molecule has 128 valence electrons. The second-order valence-corrected chi connectivity index (χ2v) is 5.84. The van der Waals surface area contributed by atoms with Gasteiger partial charge in [-0.15, -0.1) is 6.58 Å². The van der Waals surface area contributed by atoms with Crippen molar-refractivity contribution in [2.75, 3.05) is 6.54 Å². The Morgan fingerprint density at radius 1 is 1.05 bits per heavy atom. The van der Waals surface area contributed by atoms with Gasteiger partial charge in [0.25, 0.3) is 0 Å². The van der Waals surface area contributed by atoms with Gasteiger partial charge in [0, 0.05) is 0 Å². The van der Waals surface area contributed by atoms with Crippen molar-refractivity contribution in [2.24, 2.45) is 5.92 Å². The molecule has 0 atom stereocenters. The van der Waals surface area contributed by atoms with Crippen LogP contribution >= 0.6 is 0 Å². The van der Waals surface area contributed by atoms with Crippen LogP contribution in [-0.4, -0.2) is 28.8 Å². The van der Waals surface area contributed by atoms with E-state index in [0.29, 0.717) is 0 Å². The summed E-state index contributed by atoms with van der Waals surface area (Å²) in [5.41, 5.74) is 0. The minimum absolute atomic E-state index is 0.546. The van der Waals surface area contributed by atoms with Crippen molar-refractivity contribution < 1.29 is 19.8 Å². The topological polar surface area (TPSA) is 86.6 Å². The van der Waals surface area contributed by atoms with E-state index in [0.717, 1.165) is 5.92 Å². The van der Waals surface area contributed by atoms with E-state index in [1.807, 2.05) is 6.08 Å². The van der Waals surface area contributed by atoms with Crippen molar-refractivity contribution >= 4 is 12.1 Å². The molecule has 3 N–H and O–H groups in total. The van der Waals surface area contributed by atoms with Gasteiger partial charge in [-0.05, 0) is 18.8 Å². The van der Waals surface area contributed by atoms with Crippen molar-refractivity contribution in [3.05, 3.63) is 12.7 Å². The Morgan fingerprint density at radius 2 is 1.55 bits per heavy atom. The highest BCUT2D eigenvalue weighted by Gasteiger charge is 2.19. The zero-order valence-electron chi connectivity index (χ0n) is 13.6. The molecule has 0 aromatic heterocycles. The van der Waals surface area contributed by atoms with Gasteiger partial charge in [0.2, 0.25) is 0 Å². The van der Waals surface area contributed by atoms with E-state index in [1.54, 1.807) is 5.32 Å². The molecule has 0 aliphatic heterocycles. The normalized spacial score (nSPS) is 16.2. The standard InChI is InChI=1S/C8H14.C6H12.C3H5NO4/c1-2-3-4-5-8-6-7-8;1-2-4-6-5-3-1;5-2(6)1-4-3(7)8/h2,8H,1,3-7H2;1-6H2;4H,1H2,(H,5,6)(H,7,8). The van der Waals surface area contributed by atoms with Crippen molar-refractivity contribution in [2.45, 2.75) is 70.6 Å². The quantitative estimate of drug-likeness (QED) is 0.500. The summed E-state index contributed by atoms with van der Waals surface area (Å²) in [6.07, 6.45) is 16.7. The second kappa shape index (κ2) is 14.4. The van der Waals surface area contributed by atoms with Crippen LogP contribution in [0.3, 0.4) is 0 Å². The largest absolute Gasteiger partial charge is 0.480 e. The molecule has 0 heterocycles. The molecule has 2 aliphatic rings. The summed E-state index contributed by atoms with van der Waals surface area (Å²) in [6.45, 7) is 3.13. The maximum Gasteiger partial charge on any atom is 0.405 e. The second-order valence-electron chi connectivity index (χ2n) is 5.84. The van der Waals surface area contributed by atoms with Crippen LogP contribution in [0.5, 0.6) is 0 Å². The number of allylic oxidation sites excluding steroid dienone is 1. The number of amides is 1. The van der Waals surface area contributed by atoms with E-state index in [-0.39, 0.29) is 0 Å². The molecule has 0 aromatic rings. The van der Waals surface area contributed by atoms with Crippen LogP contribution in [0.2, 0.25) is 0 Å². The zero-order valence-corrected chi connectivity index (χ0v) is 13.6. The smallest absolute Gasteiger partial charge is 0.405 e. The van der Waals surface area contributed by atoms with Crippen LogP contribution in [0.1, 0.15) is 70.6 Å². The lowest BCUT2D eigenvalue weighted by Gasteiger charge is -2.05. The van der Waals surface area contributed by atoms with E-state index < -0.39 is 18.6 Å². The van der Waals surface area contributed by atoms with Crippen molar-refractivity contribution in [3.63, 3.8) is 0 Å². The highest BCUT2D eigenvalue weighted by atomic mass is 16.4. The molecule has 0 aromatic carbocycles. The van der Waals surface area contributed by atoms with Crippen molar-refractivity contribution in [1.82, 2.24) is 5.32 Å². The number of hydrogen-bond acceptors (Lipinski definition) is 2. The molecule has 0 saturated heterocycles. The third-order valence-electron chi connectivity index (χ3n) is 3.61. The molecule has 0 unspecified atom stereocenters. The summed E-state index contributed by atoms with van der Waals surface area (Å²) in [4.78, 5) is 19.1. The molecule has 2 saturated carbocycles. The van der Waals surface area contributed by atoms with Gasteiger partial charge < -0.3 is 15.5 Å². The lowest BCUT2D eigenvalue weighted by atomic mass is 10.0. The van der Waals surface area contributed by atoms with Crippen LogP contribution in [0, 0.1) is 5.92 Å². The Labute approximate surface area is 133 Å². The SMILES string of the molecule is C1CCCCC1.C=CCCCC1CC1.O=C(O)CNC(=O)O. The molecule has 2 rings (SSSR count). The number of rotatable bonds is 6. The lowest BCUT2D eigenvalue weighted by Crippen LogP contribution is -2.27. The molecule has 5 nitrogen and oxygen atoms in total. The van der Waals surface area contributed by atoms with Gasteiger partial charge in [-0.2, -0.15) is 0 Å². The van der Waals surface area contributed by atoms with E-state index in [1.165, 1.54) is 70.6 Å². The molecule has 2 fully saturated rings. The summed E-state index contributed by atoms with van der Waals surface area (Å²) in [5, 5.41) is 17.3. The molecular weight excluding hydrogens is 282 g/mol. The average Bonchev–Trinajstić information content (AvgIpc) is 3.33. The summed E-state index contributed by atoms with van der Waals surface area (Å²) in [6, 6.07) is 0. The predicted molar refractivity (Wildman–Crippen MR) is 88.1 cm³/mol. The first-order chi connectivity index (χ1) is 10.6. The van der Waals surface area contributed by atoms with Gasteiger partial charge >= 0.3 is 12.1 Å². The number of carbonyl (C=O) groups is 2. The fraction of sp³-hybridized carbons (Fsp3) is 0.765. The van der Waals surface area contributed by atoms with E-state index >= 15 is 0 Å². The van der Waals surface area contributed by atoms with Gasteiger partial charge in [-0.25, -0.2) is 4.79 Å². The average molecular weight is 313 g/mol. The highest BCUT2D eigenvalue weighted by molar-refractivity contribution is 5.75. The number of hydrogen-bond donors (Lipinski definition) is 3. The first kappa shape index (κ1) is 20.5. The van der Waals surface area contributed by atoms with Crippen LogP contribution in [0.25, 0.3) is 0 Å².